The molecule has 0 bridgehead atoms. The highest BCUT2D eigenvalue weighted by Gasteiger charge is 2.41. The van der Waals surface area contributed by atoms with Gasteiger partial charge in [0.25, 0.3) is 0 Å². The molecule has 0 amide bonds. The van der Waals surface area contributed by atoms with Crippen LogP contribution in [0, 0.1) is 5.41 Å². The van der Waals surface area contributed by atoms with Gasteiger partial charge in [0.1, 0.15) is 0 Å². The maximum atomic E-state index is 9.69. The van der Waals surface area contributed by atoms with Crippen LogP contribution in [0.25, 0.3) is 0 Å². The predicted octanol–water partition coefficient (Wildman–Crippen LogP) is 3.33. The van der Waals surface area contributed by atoms with Crippen LogP contribution in [0.15, 0.2) is 0 Å². The van der Waals surface area contributed by atoms with E-state index >= 15 is 0 Å². The normalized spacial score (nSPS) is 29.3. The molecule has 17 heavy (non-hydrogen) atoms. The van der Waals surface area contributed by atoms with Crippen molar-refractivity contribution in [3.05, 3.63) is 0 Å². The Bertz CT molecular complexity index is 156. The Balaban J connectivity index is 0. The molecule has 1 fully saturated rings. The van der Waals surface area contributed by atoms with Crippen LogP contribution in [0.3, 0.4) is 0 Å². The smallest absolute Gasteiger partial charge is 0.161 e. The summed E-state index contributed by atoms with van der Waals surface area (Å²) in [6, 6.07) is 0. The van der Waals surface area contributed by atoms with Crippen LogP contribution in [-0.2, 0) is 4.74 Å². The molecule has 106 valence electrons. The van der Waals surface area contributed by atoms with Crippen molar-refractivity contribution in [3.8, 4) is 0 Å². The van der Waals surface area contributed by atoms with Gasteiger partial charge in [-0.05, 0) is 12.8 Å². The van der Waals surface area contributed by atoms with E-state index in [2.05, 4.69) is 13.8 Å². The monoisotopic (exact) mass is 248 g/mol. The van der Waals surface area contributed by atoms with Crippen molar-refractivity contribution in [3.63, 3.8) is 0 Å². The molecular formula is C14H32O3. The van der Waals surface area contributed by atoms with E-state index in [0.29, 0.717) is 0 Å². The van der Waals surface area contributed by atoms with E-state index in [4.69, 9.17) is 4.74 Å². The van der Waals surface area contributed by atoms with Gasteiger partial charge in [0.05, 0.1) is 6.10 Å². The van der Waals surface area contributed by atoms with Gasteiger partial charge in [-0.2, -0.15) is 0 Å². The second-order valence-corrected chi connectivity index (χ2v) is 4.56. The van der Waals surface area contributed by atoms with Gasteiger partial charge in [-0.25, -0.2) is 0 Å². The third-order valence-corrected chi connectivity index (χ3v) is 2.99. The Kier molecular flexibility index (Phi) is 12.4. The van der Waals surface area contributed by atoms with E-state index in [0.717, 1.165) is 25.7 Å². The highest BCUT2D eigenvalue weighted by Crippen LogP contribution is 2.39. The molecule has 0 saturated heterocycles. The van der Waals surface area contributed by atoms with Gasteiger partial charge in [-0.3, -0.25) is 0 Å². The van der Waals surface area contributed by atoms with Crippen molar-refractivity contribution in [2.45, 2.75) is 79.1 Å². The number of methoxy groups -OCH3 is 1. The summed E-state index contributed by atoms with van der Waals surface area (Å²) >= 11 is 0. The fraction of sp³-hybridized carbons (Fsp3) is 1.00. The summed E-state index contributed by atoms with van der Waals surface area (Å²) in [4.78, 5) is 0. The lowest BCUT2D eigenvalue weighted by Gasteiger charge is -2.40. The molecule has 2 N–H and O–H groups in total. The topological polar surface area (TPSA) is 49.7 Å². The fourth-order valence-corrected chi connectivity index (χ4v) is 1.90. The van der Waals surface area contributed by atoms with Crippen LogP contribution >= 0.6 is 0 Å². The first-order valence-electron chi connectivity index (χ1n) is 6.91. The van der Waals surface area contributed by atoms with Crippen molar-refractivity contribution in [1.82, 2.24) is 0 Å². The van der Waals surface area contributed by atoms with Crippen LogP contribution in [0.4, 0.5) is 0 Å². The van der Waals surface area contributed by atoms with Gasteiger partial charge >= 0.3 is 0 Å². The Labute approximate surface area is 107 Å². The van der Waals surface area contributed by atoms with Crippen LogP contribution in [-0.4, -0.2) is 29.7 Å². The first-order valence-corrected chi connectivity index (χ1v) is 6.91. The lowest BCUT2D eigenvalue weighted by atomic mass is 9.73. The third-order valence-electron chi connectivity index (χ3n) is 2.99. The quantitative estimate of drug-likeness (QED) is 0.737. The van der Waals surface area contributed by atoms with E-state index < -0.39 is 17.8 Å². The minimum absolute atomic E-state index is 0.429. The van der Waals surface area contributed by atoms with Gasteiger partial charge in [0.15, 0.2) is 6.29 Å². The first-order chi connectivity index (χ1) is 8.02. The standard InChI is InChI=1S/C9H18O3.C3H8.C2H6/c1-9(8(11)12-2)6-4-3-5-7(9)10;1-3-2;1-2/h7-8,10-11H,3-6H2,1-2H3;3H2,1-2H3;1-2H3. The number of hydrogen-bond acceptors (Lipinski definition) is 3. The minimum Gasteiger partial charge on any atom is -0.392 e. The van der Waals surface area contributed by atoms with Crippen LogP contribution in [0.1, 0.15) is 66.7 Å². The molecule has 0 aromatic heterocycles. The van der Waals surface area contributed by atoms with Crippen LogP contribution < -0.4 is 0 Å². The largest absolute Gasteiger partial charge is 0.392 e. The molecule has 0 aliphatic heterocycles. The van der Waals surface area contributed by atoms with Crippen molar-refractivity contribution >= 4 is 0 Å². The second-order valence-electron chi connectivity index (χ2n) is 4.56. The summed E-state index contributed by atoms with van der Waals surface area (Å²) in [5.74, 6) is 0. The molecule has 3 atom stereocenters. The molecule has 0 aromatic rings. The Hall–Kier alpha value is -0.120. The molecule has 0 radical (unpaired) electrons. The van der Waals surface area contributed by atoms with Gasteiger partial charge in [-0.15, -0.1) is 0 Å². The number of aliphatic hydroxyl groups is 2. The molecule has 0 heterocycles. The molecule has 1 aliphatic carbocycles. The van der Waals surface area contributed by atoms with Crippen LogP contribution in [0.5, 0.6) is 0 Å². The Morgan fingerprint density at radius 1 is 1.29 bits per heavy atom. The summed E-state index contributed by atoms with van der Waals surface area (Å²) in [5, 5.41) is 19.2. The Morgan fingerprint density at radius 3 is 2.12 bits per heavy atom. The summed E-state index contributed by atoms with van der Waals surface area (Å²) < 4.78 is 4.86. The van der Waals surface area contributed by atoms with E-state index in [9.17, 15) is 10.2 Å². The van der Waals surface area contributed by atoms with Crippen molar-refractivity contribution in [1.29, 1.82) is 0 Å². The molecule has 0 aromatic carbocycles. The third kappa shape index (κ3) is 6.39. The number of aliphatic hydroxyl groups excluding tert-OH is 2. The van der Waals surface area contributed by atoms with E-state index in [-0.39, 0.29) is 0 Å². The van der Waals surface area contributed by atoms with E-state index in [1.807, 2.05) is 20.8 Å². The fourth-order valence-electron chi connectivity index (χ4n) is 1.90. The highest BCUT2D eigenvalue weighted by molar-refractivity contribution is 4.88. The van der Waals surface area contributed by atoms with Crippen molar-refractivity contribution < 1.29 is 14.9 Å². The lowest BCUT2D eigenvalue weighted by molar-refractivity contribution is -0.198. The zero-order chi connectivity index (χ0) is 13.9. The predicted molar refractivity (Wildman–Crippen MR) is 72.9 cm³/mol. The molecule has 3 unspecified atom stereocenters. The average Bonchev–Trinajstić information content (AvgIpc) is 2.35. The van der Waals surface area contributed by atoms with Crippen molar-refractivity contribution in [2.24, 2.45) is 5.41 Å². The summed E-state index contributed by atoms with van der Waals surface area (Å²) in [6.45, 7) is 10.1. The maximum Gasteiger partial charge on any atom is 0.161 e. The number of rotatable bonds is 2. The summed E-state index contributed by atoms with van der Waals surface area (Å²) in [7, 11) is 1.47. The molecule has 1 rings (SSSR count). The molecular weight excluding hydrogens is 216 g/mol. The molecule has 3 nitrogen and oxygen atoms in total. The van der Waals surface area contributed by atoms with Gasteiger partial charge in [-0.1, -0.05) is 53.9 Å². The average molecular weight is 248 g/mol. The summed E-state index contributed by atoms with van der Waals surface area (Å²) in [6.07, 6.45) is 3.70. The zero-order valence-electron chi connectivity index (χ0n) is 12.5. The maximum absolute atomic E-state index is 9.69. The molecule has 1 saturated carbocycles. The first kappa shape index (κ1) is 19.2. The highest BCUT2D eigenvalue weighted by atomic mass is 16.6. The van der Waals surface area contributed by atoms with E-state index in [1.54, 1.807) is 0 Å². The SMILES string of the molecule is CC.CCC.COC(O)C1(C)CCCCC1O. The second kappa shape index (κ2) is 11.0. The molecule has 0 spiro atoms. The summed E-state index contributed by atoms with van der Waals surface area (Å²) in [5.41, 5.74) is -0.465. The van der Waals surface area contributed by atoms with Crippen LogP contribution in [0.2, 0.25) is 0 Å². The van der Waals surface area contributed by atoms with Gasteiger partial charge < -0.3 is 14.9 Å². The van der Waals surface area contributed by atoms with E-state index in [1.165, 1.54) is 13.5 Å². The molecule has 1 aliphatic rings. The number of hydrogen-bond donors (Lipinski definition) is 2. The minimum atomic E-state index is -0.840. The van der Waals surface area contributed by atoms with Gasteiger partial charge in [0.2, 0.25) is 0 Å². The molecule has 3 heteroatoms. The van der Waals surface area contributed by atoms with Crippen molar-refractivity contribution in [2.75, 3.05) is 7.11 Å². The number of ether oxygens (including phenoxy) is 1. The zero-order valence-corrected chi connectivity index (χ0v) is 12.5. The lowest BCUT2D eigenvalue weighted by Crippen LogP contribution is -2.45. The Morgan fingerprint density at radius 2 is 1.76 bits per heavy atom. The van der Waals surface area contributed by atoms with Gasteiger partial charge in [0, 0.05) is 12.5 Å².